The molecule has 1 aromatic carbocycles. The summed E-state index contributed by atoms with van der Waals surface area (Å²) in [4.78, 5) is 21.4. The number of carboxylic acid groups (broad SMARTS) is 1. The van der Waals surface area contributed by atoms with Crippen molar-refractivity contribution < 1.29 is 14.7 Å². The van der Waals surface area contributed by atoms with Crippen LogP contribution in [0.5, 0.6) is 0 Å². The van der Waals surface area contributed by atoms with Gasteiger partial charge in [0.1, 0.15) is 5.78 Å². The van der Waals surface area contributed by atoms with Crippen LogP contribution < -0.4 is 0 Å². The first kappa shape index (κ1) is 12.4. The van der Waals surface area contributed by atoms with Crippen LogP contribution in [0.25, 0.3) is 0 Å². The summed E-state index contributed by atoms with van der Waals surface area (Å²) in [5.41, 5.74) is 0.918. The van der Waals surface area contributed by atoms with E-state index in [1.807, 2.05) is 0 Å². The predicted octanol–water partition coefficient (Wildman–Crippen LogP) is 3.17. The second-order valence-electron chi connectivity index (χ2n) is 3.02. The molecule has 0 heterocycles. The number of halogens is 2. The van der Waals surface area contributed by atoms with Gasteiger partial charge >= 0.3 is 5.97 Å². The zero-order valence-electron chi connectivity index (χ0n) is 7.83. The van der Waals surface area contributed by atoms with Crippen molar-refractivity contribution in [3.8, 4) is 0 Å². The third-order valence-electron chi connectivity index (χ3n) is 1.87. The van der Waals surface area contributed by atoms with Gasteiger partial charge in [-0.3, -0.25) is 4.79 Å². The molecule has 1 atom stereocenters. The van der Waals surface area contributed by atoms with Crippen molar-refractivity contribution in [2.45, 2.75) is 11.8 Å². The quantitative estimate of drug-likeness (QED) is 0.863. The molecule has 0 fully saturated rings. The second-order valence-corrected chi connectivity index (χ2v) is 4.79. The second kappa shape index (κ2) is 4.90. The van der Waals surface area contributed by atoms with E-state index in [0.717, 1.165) is 5.56 Å². The lowest BCUT2D eigenvalue weighted by molar-refractivity contribution is -0.116. The van der Waals surface area contributed by atoms with Gasteiger partial charge in [-0.25, -0.2) is 4.79 Å². The van der Waals surface area contributed by atoms with Crippen molar-refractivity contribution in [3.05, 3.63) is 33.8 Å². The Labute approximate surface area is 104 Å². The Hall–Kier alpha value is -0.680. The van der Waals surface area contributed by atoms with E-state index in [1.54, 1.807) is 12.1 Å². The van der Waals surface area contributed by atoms with E-state index in [9.17, 15) is 9.59 Å². The normalized spacial score (nSPS) is 12.2. The number of rotatable bonds is 3. The highest BCUT2D eigenvalue weighted by molar-refractivity contribution is 9.10. The van der Waals surface area contributed by atoms with Gasteiger partial charge < -0.3 is 5.11 Å². The molecule has 3 nitrogen and oxygen atoms in total. The van der Waals surface area contributed by atoms with Gasteiger partial charge in [0.25, 0.3) is 0 Å². The molecule has 1 aromatic rings. The number of aromatic carboxylic acids is 1. The number of alkyl halides is 1. The molecule has 0 radical (unpaired) electrons. The molecule has 1 rings (SSSR count). The lowest BCUT2D eigenvalue weighted by Gasteiger charge is -2.07. The number of carbonyl (C=O) groups excluding carboxylic acids is 1. The molecule has 0 saturated heterocycles. The highest BCUT2D eigenvalue weighted by atomic mass is 79.9. The minimum Gasteiger partial charge on any atom is -0.478 e. The topological polar surface area (TPSA) is 54.4 Å². The predicted molar refractivity (Wildman–Crippen MR) is 63.5 cm³/mol. The minimum atomic E-state index is -0.998. The van der Waals surface area contributed by atoms with E-state index < -0.39 is 10.8 Å². The first-order valence-electron chi connectivity index (χ1n) is 4.10. The van der Waals surface area contributed by atoms with Crippen LogP contribution in [-0.2, 0) is 4.79 Å². The molecule has 0 spiro atoms. The van der Waals surface area contributed by atoms with Gasteiger partial charge in [0.15, 0.2) is 0 Å². The minimum absolute atomic E-state index is 0.0232. The molecule has 0 aliphatic carbocycles. The van der Waals surface area contributed by atoms with E-state index in [4.69, 9.17) is 5.11 Å². The maximum absolute atomic E-state index is 11.1. The fraction of sp³-hybridized carbons (Fsp3) is 0.200. The average Bonchev–Trinajstić information content (AvgIpc) is 2.15. The molecule has 15 heavy (non-hydrogen) atoms. The van der Waals surface area contributed by atoms with Crippen LogP contribution in [0.1, 0.15) is 27.7 Å². The van der Waals surface area contributed by atoms with Gasteiger partial charge in [0.2, 0.25) is 0 Å². The highest BCUT2D eigenvalue weighted by Crippen LogP contribution is 2.28. The summed E-state index contributed by atoms with van der Waals surface area (Å²) in [5.74, 6) is -1.02. The standard InChI is InChI=1S/C10H8Br2O3/c1-5(13)9(12)6-2-3-7(10(14)15)8(11)4-6/h2-4,9H,1H3,(H,14,15). The van der Waals surface area contributed by atoms with Crippen LogP contribution in [0.4, 0.5) is 0 Å². The number of benzene rings is 1. The fourth-order valence-electron chi connectivity index (χ4n) is 1.10. The van der Waals surface area contributed by atoms with E-state index in [0.29, 0.717) is 4.47 Å². The number of Topliss-reactive ketones (excluding diaryl/α,β-unsaturated/α-hetero) is 1. The van der Waals surface area contributed by atoms with Crippen molar-refractivity contribution in [1.29, 1.82) is 0 Å². The van der Waals surface area contributed by atoms with Crippen LogP contribution in [-0.4, -0.2) is 16.9 Å². The van der Waals surface area contributed by atoms with Gasteiger partial charge in [0, 0.05) is 4.47 Å². The van der Waals surface area contributed by atoms with Crippen molar-refractivity contribution in [1.82, 2.24) is 0 Å². The van der Waals surface area contributed by atoms with Crippen molar-refractivity contribution in [3.63, 3.8) is 0 Å². The molecular formula is C10H8Br2O3. The van der Waals surface area contributed by atoms with Gasteiger partial charge in [-0.15, -0.1) is 0 Å². The molecule has 1 unspecified atom stereocenters. The number of carbonyl (C=O) groups is 2. The van der Waals surface area contributed by atoms with Crippen molar-refractivity contribution in [2.75, 3.05) is 0 Å². The largest absolute Gasteiger partial charge is 0.478 e. The smallest absolute Gasteiger partial charge is 0.336 e. The van der Waals surface area contributed by atoms with Crippen LogP contribution in [0.2, 0.25) is 0 Å². The third kappa shape index (κ3) is 2.89. The summed E-state index contributed by atoms with van der Waals surface area (Å²) in [6.07, 6.45) is 0. The van der Waals surface area contributed by atoms with E-state index in [2.05, 4.69) is 31.9 Å². The van der Waals surface area contributed by atoms with E-state index >= 15 is 0 Å². The molecule has 0 saturated carbocycles. The van der Waals surface area contributed by atoms with Crippen LogP contribution >= 0.6 is 31.9 Å². The van der Waals surface area contributed by atoms with Crippen LogP contribution in [0.15, 0.2) is 22.7 Å². The zero-order valence-corrected chi connectivity index (χ0v) is 11.0. The molecule has 0 bridgehead atoms. The molecule has 80 valence electrons. The van der Waals surface area contributed by atoms with Crippen molar-refractivity contribution in [2.24, 2.45) is 0 Å². The summed E-state index contributed by atoms with van der Waals surface area (Å²) in [5, 5.41) is 8.80. The SMILES string of the molecule is CC(=O)C(Br)c1ccc(C(=O)O)c(Br)c1. The molecule has 0 aromatic heterocycles. The van der Waals surface area contributed by atoms with Crippen molar-refractivity contribution >= 4 is 43.6 Å². The summed E-state index contributed by atoms with van der Waals surface area (Å²) < 4.78 is 0.471. The Balaban J connectivity index is 3.12. The lowest BCUT2D eigenvalue weighted by Crippen LogP contribution is -2.03. The Morgan fingerprint density at radius 3 is 2.40 bits per heavy atom. The molecule has 0 amide bonds. The summed E-state index contributed by atoms with van der Waals surface area (Å²) in [7, 11) is 0. The van der Waals surface area contributed by atoms with E-state index in [1.165, 1.54) is 13.0 Å². The highest BCUT2D eigenvalue weighted by Gasteiger charge is 2.15. The van der Waals surface area contributed by atoms with Gasteiger partial charge in [0.05, 0.1) is 10.4 Å². The molecule has 5 heteroatoms. The maximum Gasteiger partial charge on any atom is 0.336 e. The lowest BCUT2D eigenvalue weighted by atomic mass is 10.1. The number of ketones is 1. The van der Waals surface area contributed by atoms with E-state index in [-0.39, 0.29) is 11.3 Å². The molecule has 1 N–H and O–H groups in total. The number of carboxylic acids is 1. The summed E-state index contributed by atoms with van der Waals surface area (Å²) in [6.45, 7) is 1.47. The average molecular weight is 336 g/mol. The number of hydrogen-bond acceptors (Lipinski definition) is 2. The van der Waals surface area contributed by atoms with Crippen LogP contribution in [0, 0.1) is 0 Å². The molecule has 0 aliphatic heterocycles. The Morgan fingerprint density at radius 2 is 2.00 bits per heavy atom. The summed E-state index contributed by atoms with van der Waals surface area (Å²) in [6, 6.07) is 4.72. The first-order valence-corrected chi connectivity index (χ1v) is 5.81. The first-order chi connectivity index (χ1) is 6.93. The Morgan fingerprint density at radius 1 is 1.40 bits per heavy atom. The fourth-order valence-corrected chi connectivity index (χ4v) is 1.95. The van der Waals surface area contributed by atoms with Crippen LogP contribution in [0.3, 0.4) is 0 Å². The third-order valence-corrected chi connectivity index (χ3v) is 3.70. The number of hydrogen-bond donors (Lipinski definition) is 1. The zero-order chi connectivity index (χ0) is 11.6. The maximum atomic E-state index is 11.1. The Kier molecular flexibility index (Phi) is 4.04. The molecular weight excluding hydrogens is 328 g/mol. The monoisotopic (exact) mass is 334 g/mol. The Bertz CT molecular complexity index is 415. The molecule has 0 aliphatic rings. The van der Waals surface area contributed by atoms with Gasteiger partial charge in [-0.05, 0) is 40.5 Å². The van der Waals surface area contributed by atoms with Gasteiger partial charge in [-0.1, -0.05) is 22.0 Å². The van der Waals surface area contributed by atoms with Gasteiger partial charge in [-0.2, -0.15) is 0 Å². The summed E-state index contributed by atoms with van der Waals surface area (Å²) >= 11 is 6.38.